The van der Waals surface area contributed by atoms with E-state index in [2.05, 4.69) is 9.72 Å². The van der Waals surface area contributed by atoms with E-state index in [0.717, 1.165) is 30.3 Å². The minimum Gasteiger partial charge on any atom is -0.406 e. The Morgan fingerprint density at radius 2 is 1.67 bits per heavy atom. The monoisotopic (exact) mass is 621 g/mol. The van der Waals surface area contributed by atoms with Crippen molar-refractivity contribution >= 4 is 21.2 Å². The van der Waals surface area contributed by atoms with Gasteiger partial charge in [-0.3, -0.25) is 5.01 Å². The van der Waals surface area contributed by atoms with Crippen LogP contribution in [0, 0.1) is 6.92 Å². The second kappa shape index (κ2) is 11.7. The summed E-state index contributed by atoms with van der Waals surface area (Å²) in [7, 11) is -3.52. The van der Waals surface area contributed by atoms with Crippen LogP contribution in [0.25, 0.3) is 22.5 Å². The number of imidazole rings is 1. The molecule has 0 aliphatic rings. The van der Waals surface area contributed by atoms with Gasteiger partial charge >= 0.3 is 6.36 Å². The highest BCUT2D eigenvalue weighted by atomic mass is 32.2. The smallest absolute Gasteiger partial charge is 0.406 e. The third-order valence-corrected chi connectivity index (χ3v) is 8.27. The van der Waals surface area contributed by atoms with E-state index < -0.39 is 33.6 Å². The molecule has 0 radical (unpaired) electrons. The highest BCUT2D eigenvalue weighted by Gasteiger charge is 2.31. The number of nitrogens with two attached hydrogens (primary N) is 2. The Bertz CT molecular complexity index is 1760. The van der Waals surface area contributed by atoms with Gasteiger partial charge in [-0.1, -0.05) is 25.1 Å². The zero-order valence-corrected chi connectivity index (χ0v) is 24.0. The van der Waals surface area contributed by atoms with E-state index >= 15 is 0 Å². The fraction of sp³-hybridized carbons (Fsp3) is 0.207. The van der Waals surface area contributed by atoms with E-state index in [0.29, 0.717) is 22.4 Å². The van der Waals surface area contributed by atoms with Crippen molar-refractivity contribution in [3.63, 3.8) is 0 Å². The van der Waals surface area contributed by atoms with Crippen LogP contribution in [0.4, 0.5) is 27.6 Å². The predicted molar refractivity (Wildman–Crippen MR) is 153 cm³/mol. The van der Waals surface area contributed by atoms with Gasteiger partial charge in [0.2, 0.25) is 0 Å². The molecule has 0 amide bonds. The minimum atomic E-state index is -4.88. The molecule has 4 aromatic rings. The number of sulfone groups is 1. The van der Waals surface area contributed by atoms with Crippen molar-refractivity contribution in [3.05, 3.63) is 96.2 Å². The first-order valence-corrected chi connectivity index (χ1v) is 14.4. The Kier molecular flexibility index (Phi) is 8.56. The average Bonchev–Trinajstić information content (AvgIpc) is 3.35. The highest BCUT2D eigenvalue weighted by molar-refractivity contribution is 7.91. The van der Waals surface area contributed by atoms with Gasteiger partial charge in [0.05, 0.1) is 27.7 Å². The van der Waals surface area contributed by atoms with Crippen LogP contribution in [-0.2, 0) is 15.8 Å². The Hall–Kier alpha value is -4.43. The quantitative estimate of drug-likeness (QED) is 0.128. The van der Waals surface area contributed by atoms with Crippen molar-refractivity contribution in [1.82, 2.24) is 9.55 Å². The lowest BCUT2D eigenvalue weighted by Crippen LogP contribution is -2.31. The molecule has 1 aromatic heterocycles. The topological polar surface area (TPSA) is 116 Å². The van der Waals surface area contributed by atoms with Crippen LogP contribution in [-0.4, -0.2) is 30.1 Å². The summed E-state index contributed by atoms with van der Waals surface area (Å²) in [5.74, 6) is 3.01. The third kappa shape index (κ3) is 6.97. The van der Waals surface area contributed by atoms with E-state index in [4.69, 9.17) is 11.6 Å². The van der Waals surface area contributed by atoms with Gasteiger partial charge in [0, 0.05) is 24.9 Å². The van der Waals surface area contributed by atoms with Crippen molar-refractivity contribution in [3.8, 4) is 22.6 Å². The van der Waals surface area contributed by atoms with Crippen molar-refractivity contribution < 1.29 is 35.1 Å². The van der Waals surface area contributed by atoms with Gasteiger partial charge in [0.25, 0.3) is 5.92 Å². The lowest BCUT2D eigenvalue weighted by Gasteiger charge is -2.26. The highest BCUT2D eigenvalue weighted by Crippen LogP contribution is 2.36. The SMILES string of the molecule is CCS(=O)(=O)c1cccc(-c2ccc(-n3cc(C(C)(F)F)nc3C)c(N(N)/C(=C\N)c3ccc(OC(F)(F)F)cc3)c2)c1. The molecule has 0 spiro atoms. The molecule has 14 heteroatoms. The number of aromatic nitrogens is 2. The molecule has 0 fully saturated rings. The summed E-state index contributed by atoms with van der Waals surface area (Å²) in [5, 5.41) is 1.15. The minimum absolute atomic E-state index is 0.0982. The van der Waals surface area contributed by atoms with Crippen LogP contribution in [0.1, 0.15) is 30.9 Å². The molecule has 4 rings (SSSR count). The van der Waals surface area contributed by atoms with E-state index in [1.54, 1.807) is 30.3 Å². The molecule has 0 saturated carbocycles. The third-order valence-electron chi connectivity index (χ3n) is 6.53. The number of hydrogen-bond acceptors (Lipinski definition) is 7. The molecule has 0 aliphatic carbocycles. The van der Waals surface area contributed by atoms with Gasteiger partial charge in [0.15, 0.2) is 9.84 Å². The van der Waals surface area contributed by atoms with Crippen LogP contribution < -0.4 is 21.3 Å². The Balaban J connectivity index is 1.87. The molecule has 43 heavy (non-hydrogen) atoms. The molecule has 3 aromatic carbocycles. The maximum absolute atomic E-state index is 14.1. The number of hydrogen-bond donors (Lipinski definition) is 2. The average molecular weight is 622 g/mol. The second-order valence-electron chi connectivity index (χ2n) is 9.56. The van der Waals surface area contributed by atoms with Crippen molar-refractivity contribution in [2.24, 2.45) is 11.6 Å². The maximum atomic E-state index is 14.1. The molecule has 0 saturated heterocycles. The van der Waals surface area contributed by atoms with Crippen molar-refractivity contribution in [2.45, 2.75) is 38.0 Å². The number of aryl methyl sites for hydroxylation is 1. The van der Waals surface area contributed by atoms with Crippen LogP contribution in [0.2, 0.25) is 0 Å². The molecule has 0 atom stereocenters. The number of benzene rings is 3. The lowest BCUT2D eigenvalue weighted by atomic mass is 10.0. The molecule has 1 heterocycles. The fourth-order valence-corrected chi connectivity index (χ4v) is 5.26. The summed E-state index contributed by atoms with van der Waals surface area (Å²) in [6, 6.07) is 16.0. The summed E-state index contributed by atoms with van der Waals surface area (Å²) < 4.78 is 96.6. The number of nitrogens with zero attached hydrogens (tertiary/aromatic N) is 3. The molecular formula is C29H28F5N5O3S. The summed E-state index contributed by atoms with van der Waals surface area (Å²) in [6.45, 7) is 3.79. The molecule has 4 N–H and O–H groups in total. The summed E-state index contributed by atoms with van der Waals surface area (Å²) in [4.78, 5) is 4.11. The van der Waals surface area contributed by atoms with E-state index in [1.165, 1.54) is 48.9 Å². The number of rotatable bonds is 9. The van der Waals surface area contributed by atoms with E-state index in [-0.39, 0.29) is 27.9 Å². The summed E-state index contributed by atoms with van der Waals surface area (Å²) in [5.41, 5.74) is 7.53. The van der Waals surface area contributed by atoms with Gasteiger partial charge < -0.3 is 15.0 Å². The van der Waals surface area contributed by atoms with Gasteiger partial charge in [-0.05, 0) is 66.6 Å². The largest absolute Gasteiger partial charge is 0.573 e. The summed E-state index contributed by atoms with van der Waals surface area (Å²) in [6.07, 6.45) is -2.57. The zero-order chi connectivity index (χ0) is 31.7. The van der Waals surface area contributed by atoms with Crippen molar-refractivity contribution in [2.75, 3.05) is 10.8 Å². The van der Waals surface area contributed by atoms with Gasteiger partial charge in [-0.15, -0.1) is 13.2 Å². The number of halogens is 5. The van der Waals surface area contributed by atoms with Crippen LogP contribution in [0.5, 0.6) is 5.75 Å². The second-order valence-corrected chi connectivity index (χ2v) is 11.8. The molecule has 8 nitrogen and oxygen atoms in total. The Morgan fingerprint density at radius 1 is 1.02 bits per heavy atom. The van der Waals surface area contributed by atoms with Gasteiger partial charge in [-0.2, -0.15) is 8.78 Å². The lowest BCUT2D eigenvalue weighted by molar-refractivity contribution is -0.274. The molecule has 228 valence electrons. The zero-order valence-electron chi connectivity index (χ0n) is 23.2. The molecule has 0 aliphatic heterocycles. The number of anilines is 1. The van der Waals surface area contributed by atoms with E-state index in [9.17, 15) is 30.4 Å². The van der Waals surface area contributed by atoms with Gasteiger partial charge in [-0.25, -0.2) is 19.2 Å². The first-order chi connectivity index (χ1) is 20.0. The van der Waals surface area contributed by atoms with Crippen LogP contribution in [0.3, 0.4) is 0 Å². The Labute approximate surface area is 244 Å². The van der Waals surface area contributed by atoms with Crippen molar-refractivity contribution in [1.29, 1.82) is 0 Å². The fourth-order valence-electron chi connectivity index (χ4n) is 4.34. The van der Waals surface area contributed by atoms with Crippen LogP contribution >= 0.6 is 0 Å². The summed E-state index contributed by atoms with van der Waals surface area (Å²) >= 11 is 0. The first kappa shape index (κ1) is 31.5. The van der Waals surface area contributed by atoms with Crippen LogP contribution in [0.15, 0.2) is 84.0 Å². The molecule has 0 bridgehead atoms. The number of ether oxygens (including phenoxy) is 1. The number of hydrazine groups is 1. The molecule has 0 unspecified atom stereocenters. The van der Waals surface area contributed by atoms with Gasteiger partial charge in [0.1, 0.15) is 17.3 Å². The van der Waals surface area contributed by atoms with E-state index in [1.807, 2.05) is 0 Å². The standard InChI is InChI=1S/C29H28F5N5O3S/c1-4-43(40,41)23-7-5-6-20(14-23)21-10-13-24(38-17-27(28(3,30)31)37-18(38)2)25(15-21)39(36)26(16-35)19-8-11-22(12-9-19)42-29(32,33)34/h5-17H,4,35-36H2,1-3H3/b26-16-. The normalized spacial score (nSPS) is 12.8. The first-order valence-electron chi connectivity index (χ1n) is 12.8. The Morgan fingerprint density at radius 3 is 2.23 bits per heavy atom. The molecular weight excluding hydrogens is 593 g/mol. The number of alkyl halides is 5. The maximum Gasteiger partial charge on any atom is 0.573 e. The predicted octanol–water partition coefficient (Wildman–Crippen LogP) is 6.29.